The van der Waals surface area contributed by atoms with Crippen molar-refractivity contribution in [3.05, 3.63) is 135 Å². The topological polar surface area (TPSA) is 528 Å². The second-order valence-corrected chi connectivity index (χ2v) is 30.9. The second-order valence-electron chi connectivity index (χ2n) is 28.9. The molecule has 2 aromatic heterocycles. The van der Waals surface area contributed by atoms with Gasteiger partial charge in [-0.05, 0) is 219 Å². The number of nitrogens with two attached hydrogens (primary N) is 4. The molecule has 2 saturated carbocycles. The van der Waals surface area contributed by atoms with Gasteiger partial charge in [-0.2, -0.15) is 0 Å². The quantitative estimate of drug-likeness (QED) is 0.00515. The number of Topliss-reactive ketones (excluding diaryl/α,β-unsaturated/α-hetero) is 6. The summed E-state index contributed by atoms with van der Waals surface area (Å²) in [7, 11) is 0. The normalized spacial score (nSPS) is 14.7. The molecule has 10 N–H and O–H groups in total. The van der Waals surface area contributed by atoms with Crippen molar-refractivity contribution in [2.75, 3.05) is 70.5 Å². The van der Waals surface area contributed by atoms with Gasteiger partial charge >= 0.3 is 34.4 Å². The number of primary amides is 3. The summed E-state index contributed by atoms with van der Waals surface area (Å²) in [5.41, 5.74) is 32.0. The van der Waals surface area contributed by atoms with Crippen molar-refractivity contribution in [2.45, 2.75) is 229 Å². The van der Waals surface area contributed by atoms with Crippen LogP contribution in [0.1, 0.15) is 235 Å². The lowest BCUT2D eigenvalue weighted by atomic mass is 9.81. The number of rotatable bonds is 28. The van der Waals surface area contributed by atoms with E-state index in [0.717, 1.165) is 70.6 Å². The van der Waals surface area contributed by atoms with Crippen LogP contribution in [0, 0.1) is 40.5 Å². The van der Waals surface area contributed by atoms with E-state index in [0.29, 0.717) is 158 Å². The molecule has 3 saturated heterocycles. The van der Waals surface area contributed by atoms with Gasteiger partial charge in [-0.3, -0.25) is 71.9 Å². The number of halogens is 5. The van der Waals surface area contributed by atoms with Gasteiger partial charge in [0.25, 0.3) is 5.97 Å². The highest BCUT2D eigenvalue weighted by molar-refractivity contribution is 6.97. The molecular weight excluding hydrogens is 1780 g/mol. The summed E-state index contributed by atoms with van der Waals surface area (Å²) in [6.07, 6.45) is 8.03. The van der Waals surface area contributed by atoms with Crippen molar-refractivity contribution in [2.24, 2.45) is 23.1 Å². The average Bonchev–Trinajstić information content (AvgIpc) is 1.61. The summed E-state index contributed by atoms with van der Waals surface area (Å²) in [6.45, 7) is 26.4. The average molecular weight is 1900 g/mol. The lowest BCUT2D eigenvalue weighted by Crippen LogP contribution is -2.42. The van der Waals surface area contributed by atoms with E-state index in [1.165, 1.54) is 27.7 Å². The maximum absolute atomic E-state index is 11.6. The number of carbonyl (C=O) groups excluding carboxylic acids is 15. The van der Waals surface area contributed by atoms with Gasteiger partial charge in [0.2, 0.25) is 23.0 Å². The number of hydrogen-bond donors (Lipinski definition) is 6. The molecule has 1 atom stereocenters. The molecule has 128 heavy (non-hydrogen) atoms. The van der Waals surface area contributed by atoms with E-state index in [4.69, 9.17) is 99.0 Å². The molecular formula is C89H121Cl5N6O28. The van der Waals surface area contributed by atoms with Crippen molar-refractivity contribution in [1.82, 2.24) is 9.13 Å². The molecule has 5 aliphatic rings. The predicted octanol–water partition coefficient (Wildman–Crippen LogP) is 12.6. The Balaban J connectivity index is 0.00000144. The molecule has 710 valence electrons. The molecule has 3 aliphatic heterocycles. The van der Waals surface area contributed by atoms with Gasteiger partial charge in [0.15, 0.2) is 17.4 Å². The van der Waals surface area contributed by atoms with Crippen LogP contribution >= 0.6 is 58.0 Å². The number of carbonyl (C=O) groups is 17. The number of alkyl halides is 2. The van der Waals surface area contributed by atoms with Gasteiger partial charge < -0.3 is 94.5 Å². The van der Waals surface area contributed by atoms with Crippen LogP contribution in [0.15, 0.2) is 78.9 Å². The second kappa shape index (κ2) is 63.1. The van der Waals surface area contributed by atoms with E-state index in [9.17, 15) is 76.7 Å². The highest BCUT2D eigenvalue weighted by Crippen LogP contribution is 2.38. The van der Waals surface area contributed by atoms with E-state index in [1.807, 2.05) is 75.6 Å². The van der Waals surface area contributed by atoms with Gasteiger partial charge in [-0.1, -0.05) is 0 Å². The Labute approximate surface area is 770 Å². The van der Waals surface area contributed by atoms with Gasteiger partial charge in [0.05, 0.1) is 96.4 Å². The van der Waals surface area contributed by atoms with Crippen molar-refractivity contribution in [3.63, 3.8) is 0 Å². The first kappa shape index (κ1) is 118. The Bertz CT molecular complexity index is 4480. The van der Waals surface area contributed by atoms with Gasteiger partial charge in [-0.15, -0.1) is 23.2 Å². The van der Waals surface area contributed by atoms with E-state index in [-0.39, 0.29) is 102 Å². The summed E-state index contributed by atoms with van der Waals surface area (Å²) in [4.78, 5) is 181. The molecule has 3 amide bonds. The predicted molar refractivity (Wildman–Crippen MR) is 478 cm³/mol. The Morgan fingerprint density at radius 3 is 1.18 bits per heavy atom. The molecule has 3 aromatic carbocycles. The van der Waals surface area contributed by atoms with Crippen molar-refractivity contribution < 1.29 is 134 Å². The first-order valence-corrected chi connectivity index (χ1v) is 43.0. The van der Waals surface area contributed by atoms with Crippen LogP contribution < -0.4 is 22.9 Å². The zero-order valence-corrected chi connectivity index (χ0v) is 78.5. The first-order chi connectivity index (χ1) is 60.0. The number of hydrogen-bond acceptors (Lipinski definition) is 27. The third kappa shape index (κ3) is 48.4. The molecule has 5 fully saturated rings. The number of aromatic nitrogens is 2. The number of anilines is 1. The van der Waals surface area contributed by atoms with E-state index in [1.54, 1.807) is 63.2 Å². The highest BCUT2D eigenvalue weighted by Gasteiger charge is 2.46. The standard InChI is InChI=1S/C18H22N2O3.C16H18N2O3.C12H20O5.C10H14O4.C10H16O4.C8H10N2O.C8H12O3.C2Cl2O2.C2H3ClO.C2H4O2.CH2Cl2/c1-4-23-17(21)10-8-15-7-5-13(3)20(15)16-9-6-14(18(19)22)11-12(16)2;1-10-9-12(16(17)21)4-7-14(10)18-11(2)3-5-13(18)6-8-15(19)20;1-3-15-11(14)5-7-12(6-4-10(2)13)16-8-9-17-12;1-7(11)8-6-10(3-2-9(8)12)13-4-5-14-10;1-3-14-10(13)7-6-9(12)5-4-8(2)11;1-5-4-6(8(10)11)2-3-7(5)9;9-7-1-3-8(4-2-7)10-5-6-11-8;3-1(5)2(4)6;2*1-2(3)4;2-1-3/h5-7,9,11H,4,8,10H2,1-3H3,(H2,19,22);3-5,7,9H,6,8H2,1-2H3,(H2,17,21)(H,19,20);3-9H2,1-2H3;8H,2-6H2,1H3;3-7H2,1-2H3;2-4H,9H2,1H3,(H2,10,11);1-6H2;;1H3;1H3,(H,3,4);1H2. The molecule has 5 heterocycles. The fourth-order valence-corrected chi connectivity index (χ4v) is 12.5. The fourth-order valence-electron chi connectivity index (χ4n) is 12.5. The number of benzene rings is 3. The highest BCUT2D eigenvalue weighted by atomic mass is 35.5. The molecule has 0 radical (unpaired) electrons. The molecule has 5 aromatic rings. The minimum Gasteiger partial charge on any atom is -0.481 e. The monoisotopic (exact) mass is 1900 g/mol. The zero-order valence-electron chi connectivity index (χ0n) is 74.7. The zero-order chi connectivity index (χ0) is 97.6. The van der Waals surface area contributed by atoms with Gasteiger partial charge in [-0.25, -0.2) is 0 Å². The summed E-state index contributed by atoms with van der Waals surface area (Å²) < 4.78 is 51.6. The number of aliphatic carboxylic acids is 2. The number of nitrogen functional groups attached to an aromatic ring is 1. The van der Waals surface area contributed by atoms with Crippen LogP contribution in [-0.2, 0) is 123 Å². The number of ketones is 6. The molecule has 2 spiro atoms. The lowest BCUT2D eigenvalue weighted by Gasteiger charge is -2.34. The van der Waals surface area contributed by atoms with Crippen LogP contribution in [0.4, 0.5) is 5.69 Å². The van der Waals surface area contributed by atoms with Crippen LogP contribution in [0.2, 0.25) is 0 Å². The maximum atomic E-state index is 11.6. The largest absolute Gasteiger partial charge is 0.481 e. The van der Waals surface area contributed by atoms with E-state index in [2.05, 4.69) is 44.1 Å². The minimum absolute atomic E-state index is 0.00511. The Morgan fingerprint density at radius 2 is 0.812 bits per heavy atom. The minimum atomic E-state index is -1.14. The maximum Gasteiger partial charge on any atom is 0.306 e. The number of carboxylic acid groups (broad SMARTS) is 2. The Kier molecular flexibility index (Phi) is 58.2. The number of ether oxygens (including phenoxy) is 9. The summed E-state index contributed by atoms with van der Waals surface area (Å²) in [5.74, 6) is -5.73. The Morgan fingerprint density at radius 1 is 0.461 bits per heavy atom. The third-order valence-corrected chi connectivity index (χ3v) is 19.1. The number of aryl methyl sites for hydroxylation is 7. The van der Waals surface area contributed by atoms with E-state index >= 15 is 0 Å². The molecule has 34 nitrogen and oxygen atoms in total. The SMILES string of the molecule is CC(=O)C1CC2(CCC1=O)OCCO2.CC(=O)Cl.CC(=O)O.CCOC(=O)CCC(=O)CCC(C)=O.CCOC(=O)CCC1(CCC(C)=O)OCCO1.CCOC(=O)CCc1ccc(C)n1-c1ccc(C(N)=O)cc1C.Cc1cc(C(N)=O)ccc1-n1c(C)ccc1CCC(=O)O.Cc1cc(C(N)=O)ccc1N.ClCCl.O=C(Cl)C(=O)Cl.O=C1CCC2(CC1)OCCO2. The summed E-state index contributed by atoms with van der Waals surface area (Å²) >= 11 is 23.1. The smallest absolute Gasteiger partial charge is 0.306 e. The van der Waals surface area contributed by atoms with Crippen molar-refractivity contribution >= 4 is 162 Å². The van der Waals surface area contributed by atoms with Crippen molar-refractivity contribution in [3.8, 4) is 11.4 Å². The first-order valence-electron chi connectivity index (χ1n) is 40.8. The van der Waals surface area contributed by atoms with E-state index < -0.39 is 57.6 Å². The van der Waals surface area contributed by atoms with Gasteiger partial charge in [0.1, 0.15) is 34.7 Å². The van der Waals surface area contributed by atoms with Crippen LogP contribution in [0.3, 0.4) is 0 Å². The van der Waals surface area contributed by atoms with Gasteiger partial charge in [0, 0.05) is 154 Å². The molecule has 0 bridgehead atoms. The molecule has 2 aliphatic carbocycles. The third-order valence-electron chi connectivity index (χ3n) is 18.7. The van der Waals surface area contributed by atoms with Crippen molar-refractivity contribution in [1.29, 1.82) is 0 Å². The van der Waals surface area contributed by atoms with Crippen LogP contribution in [0.5, 0.6) is 0 Å². The summed E-state index contributed by atoms with van der Waals surface area (Å²) in [5, 5.41) is 13.8. The molecule has 39 heteroatoms. The Hall–Kier alpha value is -9.98. The van der Waals surface area contributed by atoms with Crippen LogP contribution in [0.25, 0.3) is 11.4 Å². The number of nitrogens with zero attached hydrogens (tertiary/aromatic N) is 2. The molecule has 1 unspecified atom stereocenters. The molecule has 10 rings (SSSR count). The van der Waals surface area contributed by atoms with Crippen LogP contribution in [-0.4, -0.2) is 200 Å². The fraction of sp³-hybridized carbons (Fsp3) is 0.517. The number of carboxylic acids is 2. The number of amides is 3. The lowest BCUT2D eigenvalue weighted by molar-refractivity contribution is -0.190. The summed E-state index contributed by atoms with van der Waals surface area (Å²) in [6, 6.07) is 23.5. The number of esters is 3.